The van der Waals surface area contributed by atoms with E-state index in [4.69, 9.17) is 9.47 Å². The van der Waals surface area contributed by atoms with E-state index in [1.54, 1.807) is 14.2 Å². The van der Waals surface area contributed by atoms with Crippen LogP contribution in [-0.2, 0) is 11.3 Å². The van der Waals surface area contributed by atoms with Gasteiger partial charge in [0.2, 0.25) is 0 Å². The lowest BCUT2D eigenvalue weighted by atomic mass is 9.98. The molecule has 0 heterocycles. The van der Waals surface area contributed by atoms with Crippen molar-refractivity contribution in [2.45, 2.75) is 51.2 Å². The summed E-state index contributed by atoms with van der Waals surface area (Å²) in [7, 11) is 3.47. The molecule has 5 nitrogen and oxygen atoms in total. The molecule has 2 N–H and O–H groups in total. The number of nitrogens with zero attached hydrogens (tertiary/aromatic N) is 1. The number of methoxy groups -OCH3 is 1. The van der Waals surface area contributed by atoms with Crippen LogP contribution in [0.15, 0.2) is 29.3 Å². The zero-order valence-corrected chi connectivity index (χ0v) is 15.0. The van der Waals surface area contributed by atoms with Gasteiger partial charge in [0.1, 0.15) is 5.75 Å². The minimum absolute atomic E-state index is 0.490. The minimum Gasteiger partial charge on any atom is -0.497 e. The molecule has 0 aliphatic heterocycles. The number of ether oxygens (including phenoxy) is 2. The average molecular weight is 333 g/mol. The van der Waals surface area contributed by atoms with E-state index in [2.05, 4.69) is 21.7 Å². The van der Waals surface area contributed by atoms with Crippen LogP contribution in [0.2, 0.25) is 0 Å². The molecular weight excluding hydrogens is 302 g/mol. The summed E-state index contributed by atoms with van der Waals surface area (Å²) in [6.07, 6.45) is 7.97. The molecule has 0 radical (unpaired) electrons. The van der Waals surface area contributed by atoms with E-state index in [1.165, 1.54) is 32.1 Å². The zero-order chi connectivity index (χ0) is 17.0. The summed E-state index contributed by atoms with van der Waals surface area (Å²) in [5.74, 6) is 1.69. The Kier molecular flexibility index (Phi) is 8.46. The second-order valence-electron chi connectivity index (χ2n) is 6.19. The summed E-state index contributed by atoms with van der Waals surface area (Å²) < 4.78 is 11.2. The highest BCUT2D eigenvalue weighted by molar-refractivity contribution is 5.79. The van der Waals surface area contributed by atoms with Gasteiger partial charge in [0.25, 0.3) is 0 Å². The number of guanidine groups is 1. The number of hydrogen-bond donors (Lipinski definition) is 2. The molecule has 1 aromatic rings. The highest BCUT2D eigenvalue weighted by Crippen LogP contribution is 2.20. The fourth-order valence-electron chi connectivity index (χ4n) is 2.95. The minimum atomic E-state index is 0.490. The Bertz CT molecular complexity index is 499. The topological polar surface area (TPSA) is 54.9 Å². The molecule has 2 rings (SSSR count). The molecule has 1 aliphatic rings. The lowest BCUT2D eigenvalue weighted by Crippen LogP contribution is -2.37. The lowest BCUT2D eigenvalue weighted by Gasteiger charge is -2.22. The molecule has 134 valence electrons. The van der Waals surface area contributed by atoms with Gasteiger partial charge in [-0.05, 0) is 37.0 Å². The van der Waals surface area contributed by atoms with Crippen LogP contribution in [0, 0.1) is 0 Å². The third-order valence-electron chi connectivity index (χ3n) is 4.34. The van der Waals surface area contributed by atoms with Gasteiger partial charge >= 0.3 is 0 Å². The number of rotatable bonds is 8. The van der Waals surface area contributed by atoms with Gasteiger partial charge in [-0.3, -0.25) is 4.99 Å². The van der Waals surface area contributed by atoms with E-state index in [-0.39, 0.29) is 0 Å². The van der Waals surface area contributed by atoms with Crippen LogP contribution >= 0.6 is 0 Å². The Balaban J connectivity index is 1.59. The summed E-state index contributed by atoms with van der Waals surface area (Å²) in [5, 5.41) is 6.65. The largest absolute Gasteiger partial charge is 0.497 e. The first-order valence-corrected chi connectivity index (χ1v) is 9.01. The molecule has 0 atom stereocenters. The normalized spacial score (nSPS) is 16.0. The van der Waals surface area contributed by atoms with E-state index in [0.717, 1.165) is 43.4 Å². The van der Waals surface area contributed by atoms with Crippen molar-refractivity contribution in [3.63, 3.8) is 0 Å². The zero-order valence-electron chi connectivity index (χ0n) is 15.0. The molecule has 1 fully saturated rings. The van der Waals surface area contributed by atoms with E-state index in [9.17, 15) is 0 Å². The van der Waals surface area contributed by atoms with Crippen LogP contribution in [-0.4, -0.2) is 39.4 Å². The second-order valence-corrected chi connectivity index (χ2v) is 6.19. The summed E-state index contributed by atoms with van der Waals surface area (Å²) >= 11 is 0. The Labute approximate surface area is 145 Å². The number of nitrogens with one attached hydrogen (secondary N) is 2. The van der Waals surface area contributed by atoms with Crippen molar-refractivity contribution >= 4 is 5.96 Å². The van der Waals surface area contributed by atoms with Crippen LogP contribution in [0.3, 0.4) is 0 Å². The summed E-state index contributed by atoms with van der Waals surface area (Å²) in [5.41, 5.74) is 1.16. The second kappa shape index (κ2) is 10.9. The SMILES string of the molecule is CN=C(NCCCOC1CCCCC1)NCc1cccc(OC)c1. The van der Waals surface area contributed by atoms with Crippen LogP contribution < -0.4 is 15.4 Å². The highest BCUT2D eigenvalue weighted by atomic mass is 16.5. The van der Waals surface area contributed by atoms with Crippen molar-refractivity contribution in [3.05, 3.63) is 29.8 Å². The molecule has 5 heteroatoms. The van der Waals surface area contributed by atoms with Crippen molar-refractivity contribution in [2.24, 2.45) is 4.99 Å². The van der Waals surface area contributed by atoms with Gasteiger partial charge in [-0.1, -0.05) is 31.4 Å². The molecule has 0 saturated heterocycles. The Morgan fingerprint density at radius 1 is 1.21 bits per heavy atom. The van der Waals surface area contributed by atoms with Gasteiger partial charge in [0.15, 0.2) is 5.96 Å². The molecule has 0 amide bonds. The van der Waals surface area contributed by atoms with Gasteiger partial charge < -0.3 is 20.1 Å². The van der Waals surface area contributed by atoms with E-state index < -0.39 is 0 Å². The lowest BCUT2D eigenvalue weighted by molar-refractivity contribution is 0.0277. The van der Waals surface area contributed by atoms with Crippen molar-refractivity contribution in [1.29, 1.82) is 0 Å². The number of hydrogen-bond acceptors (Lipinski definition) is 3. The summed E-state index contributed by atoms with van der Waals surface area (Å²) in [6, 6.07) is 8.04. The maximum Gasteiger partial charge on any atom is 0.191 e. The highest BCUT2D eigenvalue weighted by Gasteiger charge is 2.12. The standard InChI is InChI=1S/C19H31N3O2/c1-20-19(22-15-16-8-6-11-18(14-16)23-2)21-12-7-13-24-17-9-4-3-5-10-17/h6,8,11,14,17H,3-5,7,9-10,12-13,15H2,1-2H3,(H2,20,21,22). The molecule has 1 aliphatic carbocycles. The molecular formula is C19H31N3O2. The first kappa shape index (κ1) is 18.6. The quantitative estimate of drug-likeness (QED) is 0.436. The summed E-state index contributed by atoms with van der Waals surface area (Å²) in [6.45, 7) is 2.41. The van der Waals surface area contributed by atoms with Crippen molar-refractivity contribution in [3.8, 4) is 5.75 Å². The molecule has 0 unspecified atom stereocenters. The fraction of sp³-hybridized carbons (Fsp3) is 0.632. The van der Waals surface area contributed by atoms with Crippen LogP contribution in [0.5, 0.6) is 5.75 Å². The first-order valence-electron chi connectivity index (χ1n) is 9.01. The molecule has 0 aromatic heterocycles. The number of aliphatic imine (C=N–C) groups is 1. The fourth-order valence-corrected chi connectivity index (χ4v) is 2.95. The summed E-state index contributed by atoms with van der Waals surface area (Å²) in [4.78, 5) is 4.26. The Morgan fingerprint density at radius 3 is 2.79 bits per heavy atom. The maximum atomic E-state index is 5.94. The van der Waals surface area contributed by atoms with Crippen LogP contribution in [0.1, 0.15) is 44.1 Å². The average Bonchev–Trinajstić information content (AvgIpc) is 2.65. The predicted molar refractivity (Wildman–Crippen MR) is 98.6 cm³/mol. The van der Waals surface area contributed by atoms with Crippen LogP contribution in [0.4, 0.5) is 0 Å². The van der Waals surface area contributed by atoms with Crippen molar-refractivity contribution < 1.29 is 9.47 Å². The molecule has 1 aromatic carbocycles. The molecule has 0 spiro atoms. The predicted octanol–water partition coefficient (Wildman–Crippen LogP) is 3.10. The molecule has 24 heavy (non-hydrogen) atoms. The molecule has 1 saturated carbocycles. The van der Waals surface area contributed by atoms with Gasteiger partial charge in [0.05, 0.1) is 13.2 Å². The van der Waals surface area contributed by atoms with Gasteiger partial charge in [-0.25, -0.2) is 0 Å². The van der Waals surface area contributed by atoms with Gasteiger partial charge in [0, 0.05) is 26.7 Å². The van der Waals surface area contributed by atoms with Crippen LogP contribution in [0.25, 0.3) is 0 Å². The Morgan fingerprint density at radius 2 is 2.04 bits per heavy atom. The van der Waals surface area contributed by atoms with E-state index >= 15 is 0 Å². The van der Waals surface area contributed by atoms with E-state index in [0.29, 0.717) is 6.10 Å². The van der Waals surface area contributed by atoms with Gasteiger partial charge in [-0.2, -0.15) is 0 Å². The van der Waals surface area contributed by atoms with E-state index in [1.807, 2.05) is 18.2 Å². The smallest absolute Gasteiger partial charge is 0.191 e. The van der Waals surface area contributed by atoms with Gasteiger partial charge in [-0.15, -0.1) is 0 Å². The number of benzene rings is 1. The molecule has 0 bridgehead atoms. The Hall–Kier alpha value is -1.75. The maximum absolute atomic E-state index is 5.94. The third kappa shape index (κ3) is 6.79. The monoisotopic (exact) mass is 333 g/mol. The van der Waals surface area contributed by atoms with Crippen molar-refractivity contribution in [2.75, 3.05) is 27.3 Å². The first-order chi connectivity index (χ1) is 11.8. The third-order valence-corrected chi connectivity index (χ3v) is 4.34. The van der Waals surface area contributed by atoms with Crippen molar-refractivity contribution in [1.82, 2.24) is 10.6 Å².